The van der Waals surface area contributed by atoms with Gasteiger partial charge in [-0.1, -0.05) is 267 Å². The molecule has 16 aromatic heterocycles. The maximum atomic E-state index is 7.27. The van der Waals surface area contributed by atoms with Crippen molar-refractivity contribution in [2.75, 3.05) is 0 Å². The van der Waals surface area contributed by atoms with Gasteiger partial charge in [-0.2, -0.15) is 0 Å². The van der Waals surface area contributed by atoms with Crippen LogP contribution in [-0.2, 0) is 0 Å². The van der Waals surface area contributed by atoms with Gasteiger partial charge in [-0.15, -0.1) is 0 Å². The van der Waals surface area contributed by atoms with E-state index in [0.717, 1.165) is 221 Å². The fraction of sp³-hybridized carbons (Fsp3) is 0. The quantitative estimate of drug-likeness (QED) is 0.172. The molecule has 144 heavy (non-hydrogen) atoms. The number of furan rings is 4. The summed E-state index contributed by atoms with van der Waals surface area (Å²) in [6, 6.07) is 150. The molecule has 0 spiro atoms. The molecule has 0 saturated carbocycles. The van der Waals surface area contributed by atoms with Gasteiger partial charge in [0, 0.05) is 172 Å². The first-order chi connectivity index (χ1) is 71.5. The van der Waals surface area contributed by atoms with Gasteiger partial charge in [0.15, 0.2) is 22.3 Å². The highest BCUT2D eigenvalue weighted by Gasteiger charge is 2.36. The first-order valence-corrected chi connectivity index (χ1v) is 49.6. The predicted molar refractivity (Wildman–Crippen MR) is 597 cm³/mol. The first kappa shape index (κ1) is 72.8. The third-order valence-electron chi connectivity index (χ3n) is 33.7. The predicted octanol–water partition coefficient (Wildman–Crippen LogP) is 35.9. The van der Waals surface area contributed by atoms with Crippen LogP contribution in [0.5, 0.6) is 0 Å². The standard InChI is InChI=1S/C132H66N8O4/c1-10-42-96-68(25-1)77-56-57-78-74-34-19-35-75-88-62-109-89(61-108(88)139(121(74)75)126(78)125(77)135(96)104-49-23-39-81-72-29-8-17-53-114(72)143-131(81)104)76-36-20-41-86-116-87(60-92-69-26-2-11-43-97(69)136(127(92)128(116)140(109)122(76)86)105-50-24-40-82-73-30-9-18-54-115(73)144-132(82)105)67-55-58-101-95(59-67)118-111(134(101)103-48-22-38-80-71-28-7-16-52-113(71)142-130(80)103)66-94-91-64-106-90(63-107(91)138-100-46-14-5-33-85(100)120(118)124(94)138)93-65-110-117(119-84-32-4-13-45-99(84)137(106)123(93)119)83-31-3-12-44-98(83)133(110)102-47-21-37-79-70-27-6-15-51-112(70)141-129(79)102/h1-66H. The molecule has 0 N–H and O–H groups in total. The Balaban J connectivity index is 0.636. The number of aromatic nitrogens is 8. The van der Waals surface area contributed by atoms with Crippen LogP contribution in [0.15, 0.2) is 418 Å². The second kappa shape index (κ2) is 24.9. The third kappa shape index (κ3) is 8.34. The van der Waals surface area contributed by atoms with Crippen LogP contribution in [0.25, 0.3) is 361 Å². The lowest BCUT2D eigenvalue weighted by molar-refractivity contribution is 0.666. The van der Waals surface area contributed by atoms with E-state index in [2.05, 4.69) is 436 Å². The Labute approximate surface area is 809 Å². The molecule has 658 valence electrons. The molecule has 0 aliphatic heterocycles. The molecule has 0 radical (unpaired) electrons. The SMILES string of the molecule is c1ccc2c(c1)oc1c(-n3c4ccccc4c4c5c6ccccc6n6c7cc8c9cc%10c(c%11cc(-c%12cc%13c%14ccccc%14n(-c%14cccc%15c%14oc%14ccccc%14%15)c%13c%13c%12c%12cccc%14c%15cc%16c(cc%15n%13c%14%12)c%12cccc%13c%14ccc%15c%17ccccc%17n(-c%17cccc%18c%17oc%17ccccc%17%18)c%15c%14n%16c%12%13)ccc%11n%10-c%10cccc%11c%10oc%10ccccc%10%11)c%10c%11ccccc%11n(c8cc7c(cc43)c56)c9%10)cccc12. The summed E-state index contributed by atoms with van der Waals surface area (Å²) in [6.07, 6.45) is 0. The van der Waals surface area contributed by atoms with Crippen molar-refractivity contribution >= 4 is 327 Å². The minimum absolute atomic E-state index is 0.834. The minimum Gasteiger partial charge on any atom is -0.454 e. The second-order valence-corrected chi connectivity index (χ2v) is 40.2. The highest BCUT2D eigenvalue weighted by atomic mass is 16.3. The molecular weight excluding hydrogens is 1760 g/mol. The lowest BCUT2D eigenvalue weighted by Crippen LogP contribution is -1.97. The summed E-state index contributed by atoms with van der Waals surface area (Å²) < 4.78 is 49.0. The average Bonchev–Trinajstić information content (AvgIpc) is 1.50. The maximum Gasteiger partial charge on any atom is 0.159 e. The Bertz CT molecular complexity index is 12800. The monoisotopic (exact) mass is 1830 g/mol. The third-order valence-corrected chi connectivity index (χ3v) is 33.7. The fourth-order valence-electron chi connectivity index (χ4n) is 28.2. The van der Waals surface area contributed by atoms with E-state index in [1.807, 2.05) is 0 Å². The Morgan fingerprint density at radius 3 is 0.903 bits per heavy atom. The Morgan fingerprint density at radius 1 is 0.132 bits per heavy atom. The van der Waals surface area contributed by atoms with Gasteiger partial charge in [0.1, 0.15) is 22.3 Å². The molecule has 0 unspecified atom stereocenters. The van der Waals surface area contributed by atoms with Crippen LogP contribution in [0.4, 0.5) is 0 Å². The molecule has 0 saturated heterocycles. The van der Waals surface area contributed by atoms with Crippen molar-refractivity contribution in [2.24, 2.45) is 0 Å². The van der Waals surface area contributed by atoms with Crippen LogP contribution in [-0.4, -0.2) is 35.9 Å². The van der Waals surface area contributed by atoms with Crippen molar-refractivity contribution in [2.45, 2.75) is 0 Å². The number of fused-ring (bicyclic) bond motifs is 52. The van der Waals surface area contributed by atoms with Gasteiger partial charge >= 0.3 is 0 Å². The summed E-state index contributed by atoms with van der Waals surface area (Å²) >= 11 is 0. The number of rotatable bonds is 5. The van der Waals surface area contributed by atoms with Gasteiger partial charge in [0.2, 0.25) is 0 Å². The molecule has 0 bridgehead atoms. The Kier molecular flexibility index (Phi) is 12.6. The van der Waals surface area contributed by atoms with Crippen LogP contribution < -0.4 is 0 Å². The average molecular weight is 1830 g/mol. The summed E-state index contributed by atoms with van der Waals surface area (Å²) in [4.78, 5) is 0. The Morgan fingerprint density at radius 2 is 0.431 bits per heavy atom. The van der Waals surface area contributed by atoms with E-state index >= 15 is 0 Å². The molecule has 38 aromatic rings. The molecular formula is C132H66N8O4. The van der Waals surface area contributed by atoms with Crippen molar-refractivity contribution in [3.05, 3.63) is 400 Å². The fourth-order valence-corrected chi connectivity index (χ4v) is 28.2. The molecule has 22 aromatic carbocycles. The lowest BCUT2D eigenvalue weighted by Gasteiger charge is -2.13. The summed E-state index contributed by atoms with van der Waals surface area (Å²) in [7, 11) is 0. The van der Waals surface area contributed by atoms with E-state index < -0.39 is 0 Å². The van der Waals surface area contributed by atoms with Gasteiger partial charge in [-0.05, 0) is 145 Å². The zero-order valence-corrected chi connectivity index (χ0v) is 76.3. The molecule has 0 atom stereocenters. The van der Waals surface area contributed by atoms with Gasteiger partial charge in [0.25, 0.3) is 0 Å². The molecule has 12 nitrogen and oxygen atoms in total. The van der Waals surface area contributed by atoms with Crippen LogP contribution in [0.2, 0.25) is 0 Å². The zero-order chi connectivity index (χ0) is 92.2. The summed E-state index contributed by atoms with van der Waals surface area (Å²) in [5.41, 5.74) is 35.9. The molecule has 16 heterocycles. The van der Waals surface area contributed by atoms with E-state index in [1.165, 1.54) is 141 Å². The van der Waals surface area contributed by atoms with Crippen LogP contribution in [0.1, 0.15) is 0 Å². The van der Waals surface area contributed by atoms with Crippen LogP contribution in [0.3, 0.4) is 0 Å². The summed E-state index contributed by atoms with van der Waals surface area (Å²) in [5.74, 6) is 0. The second-order valence-electron chi connectivity index (χ2n) is 40.2. The van der Waals surface area contributed by atoms with E-state index in [1.54, 1.807) is 0 Å². The number of hydrogen-bond acceptors (Lipinski definition) is 4. The van der Waals surface area contributed by atoms with Crippen LogP contribution >= 0.6 is 0 Å². The number of benzene rings is 22. The van der Waals surface area contributed by atoms with E-state index in [-0.39, 0.29) is 0 Å². The number of nitrogens with zero attached hydrogens (tertiary/aromatic N) is 8. The van der Waals surface area contributed by atoms with E-state index in [4.69, 9.17) is 17.7 Å². The van der Waals surface area contributed by atoms with Crippen LogP contribution in [0, 0.1) is 0 Å². The summed E-state index contributed by atoms with van der Waals surface area (Å²) in [6.45, 7) is 0. The normalized spacial score (nSPS) is 13.1. The maximum absolute atomic E-state index is 7.27. The minimum atomic E-state index is 0.834. The van der Waals surface area contributed by atoms with E-state index in [9.17, 15) is 0 Å². The molecule has 0 amide bonds. The van der Waals surface area contributed by atoms with Crippen molar-refractivity contribution in [1.82, 2.24) is 35.9 Å². The largest absolute Gasteiger partial charge is 0.454 e. The zero-order valence-electron chi connectivity index (χ0n) is 76.3. The van der Waals surface area contributed by atoms with Gasteiger partial charge in [-0.3, -0.25) is 0 Å². The van der Waals surface area contributed by atoms with Gasteiger partial charge in [-0.25, -0.2) is 0 Å². The topological polar surface area (TPSA) is 89.9 Å². The molecule has 0 aliphatic carbocycles. The van der Waals surface area contributed by atoms with Gasteiger partial charge in [0.05, 0.1) is 133 Å². The van der Waals surface area contributed by atoms with E-state index in [0.29, 0.717) is 0 Å². The number of para-hydroxylation sites is 15. The smallest absolute Gasteiger partial charge is 0.159 e. The number of hydrogen-bond donors (Lipinski definition) is 0. The first-order valence-electron chi connectivity index (χ1n) is 49.6. The van der Waals surface area contributed by atoms with Crippen molar-refractivity contribution in [3.8, 4) is 33.9 Å². The Hall–Kier alpha value is -19.6. The molecule has 38 rings (SSSR count). The van der Waals surface area contributed by atoms with Crippen molar-refractivity contribution in [3.63, 3.8) is 0 Å². The van der Waals surface area contributed by atoms with Gasteiger partial charge < -0.3 is 53.5 Å². The molecule has 0 aliphatic rings. The highest BCUT2D eigenvalue weighted by molar-refractivity contribution is 6.42. The van der Waals surface area contributed by atoms with Crippen molar-refractivity contribution < 1.29 is 17.7 Å². The molecule has 12 heteroatoms. The van der Waals surface area contributed by atoms with Crippen molar-refractivity contribution in [1.29, 1.82) is 0 Å². The molecule has 0 fully saturated rings. The summed E-state index contributed by atoms with van der Waals surface area (Å²) in [5, 5.41) is 37.2. The highest BCUT2D eigenvalue weighted by Crippen LogP contribution is 2.58. The lowest BCUT2D eigenvalue weighted by atomic mass is 9.94.